The third-order valence-corrected chi connectivity index (χ3v) is 5.93. The maximum atomic E-state index is 12.2. The smallest absolute Gasteiger partial charge is 0.311 e. The monoisotopic (exact) mass is 445 g/mol. The van der Waals surface area contributed by atoms with E-state index in [0.717, 1.165) is 55.2 Å². The normalized spacial score (nSPS) is 18.0. The van der Waals surface area contributed by atoms with Gasteiger partial charge in [0.25, 0.3) is 5.09 Å². The predicted octanol–water partition coefficient (Wildman–Crippen LogP) is 6.03. The lowest BCUT2D eigenvalue weighted by atomic mass is 9.72. The lowest BCUT2D eigenvalue weighted by Crippen LogP contribution is -2.19. The van der Waals surface area contributed by atoms with Crippen LogP contribution in [0.2, 0.25) is 0 Å². The topological polar surface area (TPSA) is 98.9 Å². The highest BCUT2D eigenvalue weighted by Crippen LogP contribution is 2.45. The van der Waals surface area contributed by atoms with Crippen LogP contribution in [0.25, 0.3) is 0 Å². The molecular weight excluding hydrogens is 410 g/mol. The molecule has 0 unspecified atom stereocenters. The van der Waals surface area contributed by atoms with Crippen molar-refractivity contribution in [3.63, 3.8) is 0 Å². The Labute approximate surface area is 190 Å². The van der Waals surface area contributed by atoms with Crippen molar-refractivity contribution in [1.82, 2.24) is 0 Å². The number of hydrogen-bond donors (Lipinski definition) is 1. The van der Waals surface area contributed by atoms with Crippen molar-refractivity contribution in [2.45, 2.75) is 78.1 Å². The molecular formula is C25H35NO6. The van der Waals surface area contributed by atoms with E-state index in [1.807, 2.05) is 13.0 Å². The highest BCUT2D eigenvalue weighted by Gasteiger charge is 2.30. The summed E-state index contributed by atoms with van der Waals surface area (Å²) in [7, 11) is 0. The number of unbranched alkanes of at least 4 members (excludes halogenated alkanes) is 2. The number of carbonyl (C=O) groups is 1. The van der Waals surface area contributed by atoms with Gasteiger partial charge in [-0.3, -0.25) is 4.79 Å². The van der Waals surface area contributed by atoms with Crippen molar-refractivity contribution in [3.05, 3.63) is 57.2 Å². The summed E-state index contributed by atoms with van der Waals surface area (Å²) in [5.74, 6) is 0.199. The summed E-state index contributed by atoms with van der Waals surface area (Å²) in [6.07, 6.45) is 8.35. The van der Waals surface area contributed by atoms with Crippen molar-refractivity contribution in [2.24, 2.45) is 5.92 Å². The van der Waals surface area contributed by atoms with Gasteiger partial charge in [-0.1, -0.05) is 43.6 Å². The zero-order valence-corrected chi connectivity index (χ0v) is 19.4. The summed E-state index contributed by atoms with van der Waals surface area (Å²) in [4.78, 5) is 26.6. The number of aromatic hydroxyl groups is 1. The van der Waals surface area contributed by atoms with Gasteiger partial charge in [-0.2, -0.15) is 0 Å². The third-order valence-electron chi connectivity index (χ3n) is 5.93. The van der Waals surface area contributed by atoms with Gasteiger partial charge in [0, 0.05) is 24.0 Å². The Morgan fingerprint density at radius 2 is 2.06 bits per heavy atom. The number of benzene rings is 1. The standard InChI is InChI=1S/C25H35NO6/c1-5-6-7-9-19-15-20(32-24(28)10-8-13-31-26(29)30)16-23(27)25(19)22-14-18(4)11-12-21(22)17(2)3/h14-16,21-22,27H,2,5-13H2,1,3-4H3/t21-,22+/m0/s1. The first kappa shape index (κ1) is 25.4. The van der Waals surface area contributed by atoms with Gasteiger partial charge in [0.1, 0.15) is 11.5 Å². The molecule has 0 fully saturated rings. The van der Waals surface area contributed by atoms with Gasteiger partial charge < -0.3 is 14.7 Å². The summed E-state index contributed by atoms with van der Waals surface area (Å²) >= 11 is 0. The first-order chi connectivity index (χ1) is 15.2. The van der Waals surface area contributed by atoms with Crippen LogP contribution in [0.3, 0.4) is 0 Å². The lowest BCUT2D eigenvalue weighted by molar-refractivity contribution is -0.757. The molecule has 0 radical (unpaired) electrons. The van der Waals surface area contributed by atoms with Crippen LogP contribution in [0.1, 0.15) is 82.8 Å². The molecule has 0 saturated carbocycles. The maximum absolute atomic E-state index is 12.2. The maximum Gasteiger partial charge on any atom is 0.311 e. The van der Waals surface area contributed by atoms with Gasteiger partial charge in [0.2, 0.25) is 0 Å². The van der Waals surface area contributed by atoms with Crippen molar-refractivity contribution >= 4 is 5.97 Å². The number of hydrogen-bond acceptors (Lipinski definition) is 6. The molecule has 1 aliphatic rings. The summed E-state index contributed by atoms with van der Waals surface area (Å²) in [6, 6.07) is 3.35. The molecule has 0 bridgehead atoms. The zero-order chi connectivity index (χ0) is 23.7. The van der Waals surface area contributed by atoms with Crippen LogP contribution in [0.5, 0.6) is 11.5 Å². The molecule has 7 nitrogen and oxygen atoms in total. The van der Waals surface area contributed by atoms with Gasteiger partial charge in [-0.15, -0.1) is 10.1 Å². The van der Waals surface area contributed by atoms with Gasteiger partial charge in [-0.05, 0) is 63.5 Å². The van der Waals surface area contributed by atoms with Crippen LogP contribution in [0.15, 0.2) is 35.9 Å². The molecule has 0 amide bonds. The van der Waals surface area contributed by atoms with Crippen molar-refractivity contribution in [1.29, 1.82) is 0 Å². The predicted molar refractivity (Wildman–Crippen MR) is 123 cm³/mol. The van der Waals surface area contributed by atoms with Gasteiger partial charge in [-0.25, -0.2) is 0 Å². The highest BCUT2D eigenvalue weighted by molar-refractivity contribution is 5.72. The SMILES string of the molecule is C=C(C)[C@@H]1CCC(C)=C[C@H]1c1c(O)cc(OC(=O)CCCO[N+](=O)[O-])cc1CCCCC. The van der Waals surface area contributed by atoms with E-state index < -0.39 is 11.1 Å². The highest BCUT2D eigenvalue weighted by atomic mass is 16.9. The number of phenolic OH excluding ortho intramolecular Hbond substituents is 1. The van der Waals surface area contributed by atoms with Crippen LogP contribution < -0.4 is 4.74 Å². The molecule has 2 rings (SSSR count). The number of ether oxygens (including phenoxy) is 1. The first-order valence-electron chi connectivity index (χ1n) is 11.4. The number of allylic oxidation sites excluding steroid dienone is 3. The molecule has 7 heteroatoms. The summed E-state index contributed by atoms with van der Waals surface area (Å²) in [5.41, 5.74) is 4.29. The second-order valence-electron chi connectivity index (χ2n) is 8.64. The number of nitrogens with zero attached hydrogens (tertiary/aromatic N) is 1. The fourth-order valence-corrected chi connectivity index (χ4v) is 4.33. The minimum Gasteiger partial charge on any atom is -0.507 e. The summed E-state index contributed by atoms with van der Waals surface area (Å²) in [5, 5.41) is 20.3. The second-order valence-corrected chi connectivity index (χ2v) is 8.64. The van der Waals surface area contributed by atoms with Crippen LogP contribution in [-0.2, 0) is 16.1 Å². The first-order valence-corrected chi connectivity index (χ1v) is 11.4. The Morgan fingerprint density at radius 1 is 1.31 bits per heavy atom. The molecule has 1 aromatic rings. The average molecular weight is 446 g/mol. The fourth-order valence-electron chi connectivity index (χ4n) is 4.33. The molecule has 32 heavy (non-hydrogen) atoms. The Bertz CT molecular complexity index is 860. The Balaban J connectivity index is 2.28. The van der Waals surface area contributed by atoms with E-state index in [9.17, 15) is 20.0 Å². The van der Waals surface area contributed by atoms with Crippen molar-refractivity contribution < 1.29 is 24.6 Å². The van der Waals surface area contributed by atoms with Crippen LogP contribution in [0.4, 0.5) is 0 Å². The fraction of sp³-hybridized carbons (Fsp3) is 0.560. The minimum atomic E-state index is -0.885. The van der Waals surface area contributed by atoms with E-state index in [1.165, 1.54) is 11.6 Å². The average Bonchev–Trinajstić information content (AvgIpc) is 2.71. The molecule has 1 aliphatic carbocycles. The van der Waals surface area contributed by atoms with E-state index in [1.54, 1.807) is 0 Å². The third kappa shape index (κ3) is 7.39. The number of aryl methyl sites for hydroxylation is 1. The molecule has 0 aliphatic heterocycles. The van der Waals surface area contributed by atoms with Crippen LogP contribution >= 0.6 is 0 Å². The number of carbonyl (C=O) groups excluding carboxylic acids is 1. The van der Waals surface area contributed by atoms with Crippen molar-refractivity contribution in [3.8, 4) is 11.5 Å². The summed E-state index contributed by atoms with van der Waals surface area (Å²) < 4.78 is 5.43. The molecule has 0 saturated heterocycles. The quantitative estimate of drug-likeness (QED) is 0.105. The summed E-state index contributed by atoms with van der Waals surface area (Å²) in [6.45, 7) is 10.3. The van der Waals surface area contributed by atoms with Gasteiger partial charge in [0.05, 0.1) is 6.61 Å². The number of rotatable bonds is 12. The van der Waals surface area contributed by atoms with Crippen LogP contribution in [-0.4, -0.2) is 22.8 Å². The molecule has 1 N–H and O–H groups in total. The molecule has 2 atom stereocenters. The number of phenols is 1. The lowest BCUT2D eigenvalue weighted by Gasteiger charge is -2.32. The Kier molecular flexibility index (Phi) is 9.75. The van der Waals surface area contributed by atoms with Gasteiger partial charge in [0.15, 0.2) is 0 Å². The van der Waals surface area contributed by atoms with E-state index in [2.05, 4.69) is 31.3 Å². The van der Waals surface area contributed by atoms with E-state index >= 15 is 0 Å². The van der Waals surface area contributed by atoms with Crippen molar-refractivity contribution in [2.75, 3.05) is 6.61 Å². The van der Waals surface area contributed by atoms with E-state index in [0.29, 0.717) is 5.75 Å². The Morgan fingerprint density at radius 3 is 2.72 bits per heavy atom. The Hall–Kier alpha value is -2.83. The molecule has 1 aromatic carbocycles. The number of esters is 1. The largest absolute Gasteiger partial charge is 0.507 e. The molecule has 0 heterocycles. The molecule has 0 aromatic heterocycles. The van der Waals surface area contributed by atoms with E-state index in [-0.39, 0.29) is 37.0 Å². The second kappa shape index (κ2) is 12.3. The van der Waals surface area contributed by atoms with E-state index in [4.69, 9.17) is 4.74 Å². The molecule has 0 spiro atoms. The van der Waals surface area contributed by atoms with Gasteiger partial charge >= 0.3 is 5.97 Å². The molecule has 176 valence electrons. The minimum absolute atomic E-state index is 0.0101. The zero-order valence-electron chi connectivity index (χ0n) is 19.4. The van der Waals surface area contributed by atoms with Crippen LogP contribution in [0, 0.1) is 16.0 Å².